The SMILES string of the molecule is Cc1cccc(CC(=O)Nc2ccc(CCN)cc2)c1. The minimum atomic E-state index is 0.00201. The Morgan fingerprint density at radius 1 is 1.10 bits per heavy atom. The fourth-order valence-corrected chi connectivity index (χ4v) is 2.13. The zero-order valence-corrected chi connectivity index (χ0v) is 11.7. The molecule has 104 valence electrons. The van der Waals surface area contributed by atoms with E-state index >= 15 is 0 Å². The van der Waals surface area contributed by atoms with Crippen molar-refractivity contribution in [2.75, 3.05) is 11.9 Å². The molecule has 2 aromatic rings. The average molecular weight is 268 g/mol. The molecule has 0 bridgehead atoms. The first-order valence-electron chi connectivity index (χ1n) is 6.82. The molecule has 20 heavy (non-hydrogen) atoms. The highest BCUT2D eigenvalue weighted by molar-refractivity contribution is 5.92. The van der Waals surface area contributed by atoms with E-state index in [1.807, 2.05) is 55.5 Å². The topological polar surface area (TPSA) is 55.1 Å². The number of nitrogens with one attached hydrogen (secondary N) is 1. The maximum absolute atomic E-state index is 12.0. The number of hydrogen-bond acceptors (Lipinski definition) is 2. The summed E-state index contributed by atoms with van der Waals surface area (Å²) in [6.45, 7) is 2.66. The lowest BCUT2D eigenvalue weighted by atomic mass is 10.1. The summed E-state index contributed by atoms with van der Waals surface area (Å²) in [6.07, 6.45) is 1.25. The van der Waals surface area contributed by atoms with E-state index in [1.165, 1.54) is 11.1 Å². The molecule has 0 fully saturated rings. The lowest BCUT2D eigenvalue weighted by Gasteiger charge is -2.07. The number of nitrogens with two attached hydrogens (primary N) is 1. The fourth-order valence-electron chi connectivity index (χ4n) is 2.13. The van der Waals surface area contributed by atoms with Crippen LogP contribution in [0.1, 0.15) is 16.7 Å². The van der Waals surface area contributed by atoms with E-state index in [0.29, 0.717) is 13.0 Å². The van der Waals surface area contributed by atoms with Crippen LogP contribution in [0.3, 0.4) is 0 Å². The number of rotatable bonds is 5. The Morgan fingerprint density at radius 3 is 2.50 bits per heavy atom. The number of carbonyl (C=O) groups is 1. The molecule has 3 nitrogen and oxygen atoms in total. The van der Waals surface area contributed by atoms with Gasteiger partial charge in [-0.1, -0.05) is 42.0 Å². The predicted molar refractivity (Wildman–Crippen MR) is 82.7 cm³/mol. The molecular formula is C17H20N2O. The third-order valence-corrected chi connectivity index (χ3v) is 3.12. The second-order valence-corrected chi connectivity index (χ2v) is 4.95. The maximum atomic E-state index is 12.0. The van der Waals surface area contributed by atoms with E-state index in [2.05, 4.69) is 5.32 Å². The monoisotopic (exact) mass is 268 g/mol. The molecule has 0 aliphatic heterocycles. The van der Waals surface area contributed by atoms with Gasteiger partial charge in [-0.3, -0.25) is 4.79 Å². The third-order valence-electron chi connectivity index (χ3n) is 3.12. The molecule has 0 aromatic heterocycles. The quantitative estimate of drug-likeness (QED) is 0.876. The van der Waals surface area contributed by atoms with Gasteiger partial charge < -0.3 is 11.1 Å². The molecule has 3 heteroatoms. The highest BCUT2D eigenvalue weighted by atomic mass is 16.1. The van der Waals surface area contributed by atoms with Crippen molar-refractivity contribution < 1.29 is 4.79 Å². The van der Waals surface area contributed by atoms with E-state index < -0.39 is 0 Å². The third kappa shape index (κ3) is 4.21. The Kier molecular flexibility index (Phi) is 4.91. The van der Waals surface area contributed by atoms with E-state index in [9.17, 15) is 4.79 Å². The Bertz CT molecular complexity index is 576. The smallest absolute Gasteiger partial charge is 0.228 e. The van der Waals surface area contributed by atoms with Crippen molar-refractivity contribution in [3.8, 4) is 0 Å². The van der Waals surface area contributed by atoms with Crippen LogP contribution in [-0.2, 0) is 17.6 Å². The van der Waals surface area contributed by atoms with Crippen LogP contribution < -0.4 is 11.1 Å². The van der Waals surface area contributed by atoms with E-state index in [4.69, 9.17) is 5.73 Å². The van der Waals surface area contributed by atoms with Crippen LogP contribution in [0, 0.1) is 6.92 Å². The first kappa shape index (κ1) is 14.3. The van der Waals surface area contributed by atoms with Gasteiger partial charge >= 0.3 is 0 Å². The van der Waals surface area contributed by atoms with Crippen LogP contribution >= 0.6 is 0 Å². The van der Waals surface area contributed by atoms with Crippen molar-refractivity contribution in [2.45, 2.75) is 19.8 Å². The van der Waals surface area contributed by atoms with Crippen molar-refractivity contribution in [2.24, 2.45) is 5.73 Å². The minimum Gasteiger partial charge on any atom is -0.330 e. The number of benzene rings is 2. The molecule has 2 aromatic carbocycles. The van der Waals surface area contributed by atoms with Crippen molar-refractivity contribution >= 4 is 11.6 Å². The lowest BCUT2D eigenvalue weighted by Crippen LogP contribution is -2.14. The fraction of sp³-hybridized carbons (Fsp3) is 0.235. The molecule has 0 atom stereocenters. The van der Waals surface area contributed by atoms with Gasteiger partial charge in [0.05, 0.1) is 6.42 Å². The molecule has 0 aliphatic rings. The van der Waals surface area contributed by atoms with Gasteiger partial charge in [0.25, 0.3) is 0 Å². The van der Waals surface area contributed by atoms with Gasteiger partial charge in [-0.25, -0.2) is 0 Å². The number of hydrogen-bond donors (Lipinski definition) is 2. The number of amides is 1. The molecule has 0 aliphatic carbocycles. The van der Waals surface area contributed by atoms with Crippen LogP contribution in [0.25, 0.3) is 0 Å². The van der Waals surface area contributed by atoms with Crippen molar-refractivity contribution in [1.29, 1.82) is 0 Å². The number of carbonyl (C=O) groups excluding carboxylic acids is 1. The van der Waals surface area contributed by atoms with Crippen LogP contribution in [0.2, 0.25) is 0 Å². The largest absolute Gasteiger partial charge is 0.330 e. The standard InChI is InChI=1S/C17H20N2O/c1-13-3-2-4-15(11-13)12-17(20)19-16-7-5-14(6-8-16)9-10-18/h2-8,11H,9-10,12,18H2,1H3,(H,19,20). The second-order valence-electron chi connectivity index (χ2n) is 4.95. The predicted octanol–water partition coefficient (Wildman–Crippen LogP) is 2.68. The Balaban J connectivity index is 1.94. The van der Waals surface area contributed by atoms with Crippen molar-refractivity contribution in [3.63, 3.8) is 0 Å². The molecule has 1 amide bonds. The van der Waals surface area contributed by atoms with Crippen molar-refractivity contribution in [1.82, 2.24) is 0 Å². The molecule has 0 heterocycles. The van der Waals surface area contributed by atoms with Gasteiger partial charge in [0, 0.05) is 5.69 Å². The minimum absolute atomic E-state index is 0.00201. The highest BCUT2D eigenvalue weighted by Gasteiger charge is 2.04. The molecular weight excluding hydrogens is 248 g/mol. The lowest BCUT2D eigenvalue weighted by molar-refractivity contribution is -0.115. The van der Waals surface area contributed by atoms with Crippen LogP contribution in [-0.4, -0.2) is 12.5 Å². The van der Waals surface area contributed by atoms with Crippen LogP contribution in [0.4, 0.5) is 5.69 Å². The van der Waals surface area contributed by atoms with Crippen molar-refractivity contribution in [3.05, 3.63) is 65.2 Å². The summed E-state index contributed by atoms with van der Waals surface area (Å²) in [4.78, 5) is 12.0. The summed E-state index contributed by atoms with van der Waals surface area (Å²) in [6, 6.07) is 15.8. The first-order chi connectivity index (χ1) is 9.67. The summed E-state index contributed by atoms with van der Waals surface area (Å²) < 4.78 is 0. The molecule has 0 unspecified atom stereocenters. The van der Waals surface area contributed by atoms with E-state index in [0.717, 1.165) is 17.7 Å². The van der Waals surface area contributed by atoms with Gasteiger partial charge in [-0.2, -0.15) is 0 Å². The molecule has 0 saturated carbocycles. The molecule has 0 radical (unpaired) electrons. The Morgan fingerprint density at radius 2 is 1.85 bits per heavy atom. The summed E-state index contributed by atoms with van der Waals surface area (Å²) in [7, 11) is 0. The second kappa shape index (κ2) is 6.87. The summed E-state index contributed by atoms with van der Waals surface area (Å²) in [5, 5.41) is 2.91. The van der Waals surface area contributed by atoms with Gasteiger partial charge in [0.1, 0.15) is 0 Å². The molecule has 2 rings (SSSR count). The van der Waals surface area contributed by atoms with E-state index in [-0.39, 0.29) is 5.91 Å². The summed E-state index contributed by atoms with van der Waals surface area (Å²) in [5.41, 5.74) is 9.71. The molecule has 0 saturated heterocycles. The van der Waals surface area contributed by atoms with E-state index in [1.54, 1.807) is 0 Å². The zero-order chi connectivity index (χ0) is 14.4. The van der Waals surface area contributed by atoms with Gasteiger partial charge in [0.15, 0.2) is 0 Å². The summed E-state index contributed by atoms with van der Waals surface area (Å²) in [5.74, 6) is 0.00201. The van der Waals surface area contributed by atoms with Gasteiger partial charge in [0.2, 0.25) is 5.91 Å². The average Bonchev–Trinajstić information content (AvgIpc) is 2.41. The number of aryl methyl sites for hydroxylation is 1. The normalized spacial score (nSPS) is 10.3. The maximum Gasteiger partial charge on any atom is 0.228 e. The summed E-state index contributed by atoms with van der Waals surface area (Å²) >= 11 is 0. The molecule has 0 spiro atoms. The highest BCUT2D eigenvalue weighted by Crippen LogP contribution is 2.11. The number of anilines is 1. The Hall–Kier alpha value is -2.13. The van der Waals surface area contributed by atoms with Crippen LogP contribution in [0.15, 0.2) is 48.5 Å². The van der Waals surface area contributed by atoms with Crippen LogP contribution in [0.5, 0.6) is 0 Å². The Labute approximate surface area is 119 Å². The first-order valence-corrected chi connectivity index (χ1v) is 6.82. The van der Waals surface area contributed by atoms with Gasteiger partial charge in [-0.05, 0) is 43.1 Å². The zero-order valence-electron chi connectivity index (χ0n) is 11.7. The van der Waals surface area contributed by atoms with Gasteiger partial charge in [-0.15, -0.1) is 0 Å². The molecule has 3 N–H and O–H groups in total.